The van der Waals surface area contributed by atoms with Crippen LogP contribution in [0.4, 0.5) is 0 Å². The molecule has 0 atom stereocenters. The fourth-order valence-electron chi connectivity index (χ4n) is 1.65. The summed E-state index contributed by atoms with van der Waals surface area (Å²) in [7, 11) is 0. The highest BCUT2D eigenvalue weighted by Crippen LogP contribution is 2.04. The lowest BCUT2D eigenvalue weighted by Gasteiger charge is -2.01. The van der Waals surface area contributed by atoms with E-state index >= 15 is 0 Å². The molecule has 0 bridgehead atoms. The molecule has 0 spiro atoms. The van der Waals surface area contributed by atoms with Gasteiger partial charge < -0.3 is 4.74 Å². The molecular weight excluding hydrogens is 248 g/mol. The fourth-order valence-corrected chi connectivity index (χ4v) is 1.65. The van der Waals surface area contributed by atoms with Crippen LogP contribution in [0.15, 0.2) is 43.0 Å². The van der Waals surface area contributed by atoms with E-state index in [9.17, 15) is 4.79 Å². The van der Waals surface area contributed by atoms with E-state index in [4.69, 9.17) is 4.74 Å². The molecular formula is C18H28O2. The summed E-state index contributed by atoms with van der Waals surface area (Å²) in [6, 6.07) is 10.3. The van der Waals surface area contributed by atoms with Crippen LogP contribution in [-0.4, -0.2) is 12.6 Å². The van der Waals surface area contributed by atoms with E-state index in [0.717, 1.165) is 12.8 Å². The van der Waals surface area contributed by atoms with Gasteiger partial charge in [-0.2, -0.15) is 0 Å². The molecule has 2 heteroatoms. The Bertz CT molecular complexity index is 344. The van der Waals surface area contributed by atoms with Gasteiger partial charge in [-0.3, -0.25) is 0 Å². The average molecular weight is 276 g/mol. The number of unbranched alkanes of at least 4 members (excludes halogenated alkanes) is 5. The zero-order valence-corrected chi connectivity index (χ0v) is 12.9. The molecule has 0 aliphatic rings. The van der Waals surface area contributed by atoms with Gasteiger partial charge in [0.15, 0.2) is 0 Å². The number of ether oxygens (including phenoxy) is 1. The van der Waals surface area contributed by atoms with Crippen molar-refractivity contribution >= 4 is 5.97 Å². The van der Waals surface area contributed by atoms with Crippen LogP contribution in [0.2, 0.25) is 0 Å². The van der Waals surface area contributed by atoms with E-state index in [-0.39, 0.29) is 5.97 Å². The Morgan fingerprint density at radius 2 is 1.70 bits per heavy atom. The molecule has 0 radical (unpaired) electrons. The SMILES string of the molecule is C=CC(=O)OCCCCCCCC.Cc1ccccc1. The van der Waals surface area contributed by atoms with E-state index in [1.54, 1.807) is 0 Å². The molecule has 0 aromatic heterocycles. The van der Waals surface area contributed by atoms with E-state index in [2.05, 4.69) is 32.6 Å². The highest BCUT2D eigenvalue weighted by atomic mass is 16.5. The number of aryl methyl sites for hydroxylation is 1. The molecule has 1 aromatic rings. The van der Waals surface area contributed by atoms with Crippen molar-refractivity contribution in [3.8, 4) is 0 Å². The average Bonchev–Trinajstić information content (AvgIpc) is 2.47. The van der Waals surface area contributed by atoms with Gasteiger partial charge in [0, 0.05) is 6.08 Å². The lowest BCUT2D eigenvalue weighted by atomic mass is 10.1. The maximum Gasteiger partial charge on any atom is 0.330 e. The van der Waals surface area contributed by atoms with Gasteiger partial charge in [0.2, 0.25) is 0 Å². The van der Waals surface area contributed by atoms with Gasteiger partial charge in [0.25, 0.3) is 0 Å². The van der Waals surface area contributed by atoms with Crippen LogP contribution < -0.4 is 0 Å². The standard InChI is InChI=1S/C11H20O2.C7H8/c1-3-5-6-7-8-9-10-13-11(12)4-2;1-7-5-3-2-4-6-7/h4H,2-3,5-10H2,1H3;2-6H,1H3. The van der Waals surface area contributed by atoms with Crippen molar-refractivity contribution in [1.29, 1.82) is 0 Å². The predicted molar refractivity (Wildman–Crippen MR) is 85.7 cm³/mol. The Morgan fingerprint density at radius 3 is 2.20 bits per heavy atom. The third-order valence-corrected chi connectivity index (χ3v) is 2.85. The maximum atomic E-state index is 10.6. The molecule has 0 fully saturated rings. The van der Waals surface area contributed by atoms with Crippen molar-refractivity contribution in [2.75, 3.05) is 6.61 Å². The zero-order valence-electron chi connectivity index (χ0n) is 12.9. The van der Waals surface area contributed by atoms with Gasteiger partial charge in [0.1, 0.15) is 0 Å². The molecule has 1 rings (SSSR count). The minimum absolute atomic E-state index is 0.312. The summed E-state index contributed by atoms with van der Waals surface area (Å²) in [4.78, 5) is 10.6. The highest BCUT2D eigenvalue weighted by molar-refractivity contribution is 5.81. The number of hydrogen-bond acceptors (Lipinski definition) is 2. The largest absolute Gasteiger partial charge is 0.463 e. The monoisotopic (exact) mass is 276 g/mol. The van der Waals surface area contributed by atoms with Crippen molar-refractivity contribution < 1.29 is 9.53 Å². The quantitative estimate of drug-likeness (QED) is 0.376. The topological polar surface area (TPSA) is 26.3 Å². The molecule has 0 N–H and O–H groups in total. The Kier molecular flexibility index (Phi) is 12.8. The number of carbonyl (C=O) groups is 1. The minimum Gasteiger partial charge on any atom is -0.463 e. The van der Waals surface area contributed by atoms with Gasteiger partial charge in [-0.15, -0.1) is 0 Å². The van der Waals surface area contributed by atoms with Crippen LogP contribution in [0, 0.1) is 6.92 Å². The molecule has 1 aromatic carbocycles. The van der Waals surface area contributed by atoms with Crippen molar-refractivity contribution in [1.82, 2.24) is 0 Å². The highest BCUT2D eigenvalue weighted by Gasteiger charge is 1.94. The van der Waals surface area contributed by atoms with Crippen molar-refractivity contribution in [3.63, 3.8) is 0 Å². The van der Waals surface area contributed by atoms with Crippen LogP contribution in [0.3, 0.4) is 0 Å². The van der Waals surface area contributed by atoms with E-state index < -0.39 is 0 Å². The third-order valence-electron chi connectivity index (χ3n) is 2.85. The third kappa shape index (κ3) is 12.9. The van der Waals surface area contributed by atoms with Gasteiger partial charge in [-0.1, -0.05) is 81.5 Å². The fraction of sp³-hybridized carbons (Fsp3) is 0.500. The van der Waals surface area contributed by atoms with Crippen LogP contribution >= 0.6 is 0 Å². The summed E-state index contributed by atoms with van der Waals surface area (Å²) in [5.74, 6) is -0.312. The molecule has 0 saturated heterocycles. The smallest absolute Gasteiger partial charge is 0.330 e. The van der Waals surface area contributed by atoms with Gasteiger partial charge in [0.05, 0.1) is 6.61 Å². The molecule has 0 saturated carbocycles. The first-order chi connectivity index (χ1) is 9.70. The maximum absolute atomic E-state index is 10.6. The summed E-state index contributed by atoms with van der Waals surface area (Å²) >= 11 is 0. The molecule has 0 aliphatic carbocycles. The summed E-state index contributed by atoms with van der Waals surface area (Å²) < 4.78 is 4.84. The number of esters is 1. The van der Waals surface area contributed by atoms with Gasteiger partial charge in [-0.25, -0.2) is 4.79 Å². The second-order valence-corrected chi connectivity index (χ2v) is 4.79. The number of rotatable bonds is 8. The number of benzene rings is 1. The minimum atomic E-state index is -0.312. The lowest BCUT2D eigenvalue weighted by Crippen LogP contribution is -2.01. The second-order valence-electron chi connectivity index (χ2n) is 4.79. The lowest BCUT2D eigenvalue weighted by molar-refractivity contribution is -0.137. The zero-order chi connectivity index (χ0) is 15.1. The van der Waals surface area contributed by atoms with Crippen molar-refractivity contribution in [2.45, 2.75) is 52.4 Å². The molecule has 0 heterocycles. The van der Waals surface area contributed by atoms with Crippen LogP contribution in [0.25, 0.3) is 0 Å². The van der Waals surface area contributed by atoms with Gasteiger partial charge >= 0.3 is 5.97 Å². The van der Waals surface area contributed by atoms with Crippen LogP contribution in [0.1, 0.15) is 51.0 Å². The Hall–Kier alpha value is -1.57. The summed E-state index contributed by atoms with van der Waals surface area (Å²) in [6.07, 6.45) is 8.47. The van der Waals surface area contributed by atoms with Crippen molar-refractivity contribution in [2.24, 2.45) is 0 Å². The normalized spacial score (nSPS) is 9.30. The second kappa shape index (κ2) is 13.9. The van der Waals surface area contributed by atoms with Gasteiger partial charge in [-0.05, 0) is 13.3 Å². The first kappa shape index (κ1) is 18.4. The van der Waals surface area contributed by atoms with E-state index in [1.165, 1.54) is 37.3 Å². The Labute approximate surface area is 123 Å². The first-order valence-electron chi connectivity index (χ1n) is 7.51. The molecule has 112 valence electrons. The Morgan fingerprint density at radius 1 is 1.10 bits per heavy atom. The van der Waals surface area contributed by atoms with Crippen molar-refractivity contribution in [3.05, 3.63) is 48.6 Å². The summed E-state index contributed by atoms with van der Waals surface area (Å²) in [6.45, 7) is 8.15. The predicted octanol–water partition coefficient (Wildman–Crippen LogP) is 5.07. The Balaban J connectivity index is 0.000000428. The van der Waals surface area contributed by atoms with E-state index in [0.29, 0.717) is 6.61 Å². The number of carbonyl (C=O) groups excluding carboxylic acids is 1. The molecule has 0 amide bonds. The summed E-state index contributed by atoms with van der Waals surface area (Å²) in [5.41, 5.74) is 1.32. The molecule has 0 unspecified atom stereocenters. The van der Waals surface area contributed by atoms with Crippen LogP contribution in [0.5, 0.6) is 0 Å². The molecule has 0 aliphatic heterocycles. The van der Waals surface area contributed by atoms with E-state index in [1.807, 2.05) is 18.2 Å². The molecule has 20 heavy (non-hydrogen) atoms. The molecule has 2 nitrogen and oxygen atoms in total. The number of hydrogen-bond donors (Lipinski definition) is 0. The van der Waals surface area contributed by atoms with Crippen LogP contribution in [-0.2, 0) is 9.53 Å². The first-order valence-corrected chi connectivity index (χ1v) is 7.51. The summed E-state index contributed by atoms with van der Waals surface area (Å²) in [5, 5.41) is 0.